The Morgan fingerprint density at radius 1 is 1.31 bits per heavy atom. The molecule has 1 rings (SSSR count). The number of nitrogens with zero attached hydrogens (tertiary/aromatic N) is 1. The first-order valence-electron chi connectivity index (χ1n) is 6.48. The third-order valence-electron chi connectivity index (χ3n) is 3.98. The number of hydrogen-bond acceptors (Lipinski definition) is 2. The van der Waals surface area contributed by atoms with Crippen LogP contribution in [0.25, 0.3) is 0 Å². The molecule has 0 aliphatic carbocycles. The molecule has 1 aliphatic heterocycles. The molecule has 0 radical (unpaired) electrons. The first-order valence-corrected chi connectivity index (χ1v) is 6.48. The molecular weight excluding hydrogens is 200 g/mol. The van der Waals surface area contributed by atoms with Crippen LogP contribution in [0.2, 0.25) is 0 Å². The second kappa shape index (κ2) is 5.17. The predicted octanol–water partition coefficient (Wildman–Crippen LogP) is 2.22. The van der Waals surface area contributed by atoms with Crippen LogP contribution in [0.3, 0.4) is 0 Å². The molecule has 0 spiro atoms. The zero-order chi connectivity index (χ0) is 12.5. The lowest BCUT2D eigenvalue weighted by Crippen LogP contribution is -2.44. The Bertz CT molecular complexity index is 252. The fourth-order valence-electron chi connectivity index (χ4n) is 2.28. The van der Waals surface area contributed by atoms with Crippen molar-refractivity contribution in [3.8, 4) is 0 Å². The van der Waals surface area contributed by atoms with Crippen molar-refractivity contribution in [2.45, 2.75) is 66.2 Å². The van der Waals surface area contributed by atoms with E-state index in [-0.39, 0.29) is 18.1 Å². The maximum atomic E-state index is 12.3. The minimum atomic E-state index is 0.0150. The van der Waals surface area contributed by atoms with Crippen molar-refractivity contribution < 1.29 is 4.79 Å². The van der Waals surface area contributed by atoms with E-state index in [1.165, 1.54) is 0 Å². The lowest BCUT2D eigenvalue weighted by atomic mass is 9.98. The van der Waals surface area contributed by atoms with Crippen molar-refractivity contribution >= 4 is 5.91 Å². The first kappa shape index (κ1) is 13.5. The van der Waals surface area contributed by atoms with Crippen molar-refractivity contribution in [1.82, 2.24) is 10.2 Å². The maximum Gasteiger partial charge on any atom is 0.241 e. The Labute approximate surface area is 99.6 Å². The number of amides is 1. The Balaban J connectivity index is 2.78. The third-order valence-corrected chi connectivity index (χ3v) is 3.98. The van der Waals surface area contributed by atoms with Crippen LogP contribution in [0.4, 0.5) is 0 Å². The van der Waals surface area contributed by atoms with Gasteiger partial charge in [-0.15, -0.1) is 0 Å². The van der Waals surface area contributed by atoms with Crippen LogP contribution in [0.1, 0.15) is 48.0 Å². The van der Waals surface area contributed by atoms with Gasteiger partial charge in [0.2, 0.25) is 5.91 Å². The van der Waals surface area contributed by atoms with Crippen LogP contribution >= 0.6 is 0 Å². The van der Waals surface area contributed by atoms with Gasteiger partial charge in [-0.25, -0.2) is 0 Å². The summed E-state index contributed by atoms with van der Waals surface area (Å²) in [5, 5.41) is 3.42. The standard InChI is InChI=1S/C13H26N2O/c1-7-9(4)12-13(16)15(11(6)14-12)10(5)8(2)3/h8-12,14H,7H2,1-6H3. The monoisotopic (exact) mass is 226 g/mol. The van der Waals surface area contributed by atoms with E-state index in [0.717, 1.165) is 6.42 Å². The minimum absolute atomic E-state index is 0.0150. The summed E-state index contributed by atoms with van der Waals surface area (Å²) in [6.45, 7) is 12.8. The summed E-state index contributed by atoms with van der Waals surface area (Å²) in [6, 6.07) is 0.324. The molecule has 1 N–H and O–H groups in total. The average molecular weight is 226 g/mol. The average Bonchev–Trinajstić information content (AvgIpc) is 2.52. The maximum absolute atomic E-state index is 12.3. The van der Waals surface area contributed by atoms with Crippen LogP contribution in [0, 0.1) is 11.8 Å². The Hall–Kier alpha value is -0.570. The smallest absolute Gasteiger partial charge is 0.241 e. The SMILES string of the molecule is CCC(C)C1NC(C)N(C(C)C(C)C)C1=O. The second-order valence-corrected chi connectivity index (χ2v) is 5.44. The predicted molar refractivity (Wildman–Crippen MR) is 67.0 cm³/mol. The van der Waals surface area contributed by atoms with Crippen molar-refractivity contribution in [2.24, 2.45) is 11.8 Å². The van der Waals surface area contributed by atoms with Crippen molar-refractivity contribution in [2.75, 3.05) is 0 Å². The molecule has 1 amide bonds. The normalized spacial score (nSPS) is 29.9. The van der Waals surface area contributed by atoms with Gasteiger partial charge >= 0.3 is 0 Å². The van der Waals surface area contributed by atoms with E-state index in [1.54, 1.807) is 0 Å². The molecule has 0 aromatic rings. The minimum Gasteiger partial charge on any atom is -0.323 e. The summed E-state index contributed by atoms with van der Waals surface area (Å²) in [4.78, 5) is 14.3. The van der Waals surface area contributed by atoms with E-state index < -0.39 is 0 Å². The lowest BCUT2D eigenvalue weighted by Gasteiger charge is -2.31. The van der Waals surface area contributed by atoms with Gasteiger partial charge in [-0.05, 0) is 25.7 Å². The van der Waals surface area contributed by atoms with E-state index in [4.69, 9.17) is 0 Å². The number of rotatable bonds is 4. The molecule has 0 aromatic carbocycles. The number of carbonyl (C=O) groups is 1. The fraction of sp³-hybridized carbons (Fsp3) is 0.923. The van der Waals surface area contributed by atoms with E-state index in [9.17, 15) is 4.79 Å². The van der Waals surface area contributed by atoms with E-state index >= 15 is 0 Å². The Kier molecular flexibility index (Phi) is 4.36. The van der Waals surface area contributed by atoms with Gasteiger partial charge < -0.3 is 4.90 Å². The number of nitrogens with one attached hydrogen (secondary N) is 1. The van der Waals surface area contributed by atoms with E-state index in [0.29, 0.717) is 17.9 Å². The number of hydrogen-bond donors (Lipinski definition) is 1. The van der Waals surface area contributed by atoms with Crippen LogP contribution in [0.5, 0.6) is 0 Å². The zero-order valence-electron chi connectivity index (χ0n) is 11.4. The van der Waals surface area contributed by atoms with Gasteiger partial charge in [0.15, 0.2) is 0 Å². The molecule has 16 heavy (non-hydrogen) atoms. The summed E-state index contributed by atoms with van der Waals surface area (Å²) < 4.78 is 0. The molecule has 0 bridgehead atoms. The largest absolute Gasteiger partial charge is 0.323 e. The Morgan fingerprint density at radius 2 is 1.88 bits per heavy atom. The van der Waals surface area contributed by atoms with Crippen LogP contribution < -0.4 is 5.32 Å². The summed E-state index contributed by atoms with van der Waals surface area (Å²) in [5.74, 6) is 1.20. The molecule has 1 saturated heterocycles. The van der Waals surface area contributed by atoms with Gasteiger partial charge in [0.05, 0.1) is 12.2 Å². The molecule has 1 fully saturated rings. The van der Waals surface area contributed by atoms with Gasteiger partial charge in [-0.3, -0.25) is 10.1 Å². The fourth-order valence-corrected chi connectivity index (χ4v) is 2.28. The van der Waals surface area contributed by atoms with E-state index in [2.05, 4.69) is 46.9 Å². The van der Waals surface area contributed by atoms with Gasteiger partial charge in [0.25, 0.3) is 0 Å². The van der Waals surface area contributed by atoms with E-state index in [1.807, 2.05) is 4.90 Å². The molecule has 0 saturated carbocycles. The van der Waals surface area contributed by atoms with Crippen LogP contribution in [-0.2, 0) is 4.79 Å². The first-order chi connectivity index (χ1) is 7.40. The summed E-state index contributed by atoms with van der Waals surface area (Å²) >= 11 is 0. The molecule has 3 heteroatoms. The van der Waals surface area contributed by atoms with Gasteiger partial charge in [0, 0.05) is 6.04 Å². The molecule has 4 unspecified atom stereocenters. The summed E-state index contributed by atoms with van der Waals surface area (Å²) in [6.07, 6.45) is 1.21. The highest BCUT2D eigenvalue weighted by molar-refractivity contribution is 5.84. The summed E-state index contributed by atoms with van der Waals surface area (Å²) in [7, 11) is 0. The molecular formula is C13H26N2O. The third kappa shape index (κ3) is 2.40. The highest BCUT2D eigenvalue weighted by Crippen LogP contribution is 2.23. The molecule has 1 heterocycles. The molecule has 94 valence electrons. The van der Waals surface area contributed by atoms with Gasteiger partial charge in [-0.2, -0.15) is 0 Å². The van der Waals surface area contributed by atoms with Crippen molar-refractivity contribution in [3.05, 3.63) is 0 Å². The second-order valence-electron chi connectivity index (χ2n) is 5.44. The zero-order valence-corrected chi connectivity index (χ0v) is 11.4. The highest BCUT2D eigenvalue weighted by atomic mass is 16.2. The quantitative estimate of drug-likeness (QED) is 0.797. The highest BCUT2D eigenvalue weighted by Gasteiger charge is 2.41. The van der Waals surface area contributed by atoms with Crippen LogP contribution in [0.15, 0.2) is 0 Å². The topological polar surface area (TPSA) is 32.3 Å². The molecule has 1 aliphatic rings. The Morgan fingerprint density at radius 3 is 2.31 bits per heavy atom. The molecule has 3 nitrogen and oxygen atoms in total. The van der Waals surface area contributed by atoms with Crippen LogP contribution in [-0.4, -0.2) is 29.1 Å². The van der Waals surface area contributed by atoms with Crippen molar-refractivity contribution in [3.63, 3.8) is 0 Å². The lowest BCUT2D eigenvalue weighted by molar-refractivity contribution is -0.133. The molecule has 0 aromatic heterocycles. The molecule has 4 atom stereocenters. The number of carbonyl (C=O) groups excluding carboxylic acids is 1. The van der Waals surface area contributed by atoms with Gasteiger partial charge in [-0.1, -0.05) is 34.1 Å². The van der Waals surface area contributed by atoms with Gasteiger partial charge in [0.1, 0.15) is 0 Å². The van der Waals surface area contributed by atoms with Crippen molar-refractivity contribution in [1.29, 1.82) is 0 Å². The summed E-state index contributed by atoms with van der Waals surface area (Å²) in [5.41, 5.74) is 0.